The highest BCUT2D eigenvalue weighted by atomic mass is 16.6. The first-order valence-corrected chi connectivity index (χ1v) is 10.8. The summed E-state index contributed by atoms with van der Waals surface area (Å²) in [6, 6.07) is 16.7. The van der Waals surface area contributed by atoms with E-state index in [2.05, 4.69) is 10.6 Å². The molecule has 0 spiro atoms. The van der Waals surface area contributed by atoms with Crippen LogP contribution >= 0.6 is 0 Å². The van der Waals surface area contributed by atoms with Gasteiger partial charge in [0, 0.05) is 0 Å². The Hall–Kier alpha value is -3.88. The Morgan fingerprint density at radius 3 is 1.85 bits per heavy atom. The minimum Gasteiger partial charge on any atom is -0.460 e. The summed E-state index contributed by atoms with van der Waals surface area (Å²) in [5.41, 5.74) is 0.785. The van der Waals surface area contributed by atoms with E-state index in [0.717, 1.165) is 11.1 Å². The van der Waals surface area contributed by atoms with Crippen LogP contribution in [0.5, 0.6) is 0 Å². The van der Waals surface area contributed by atoms with Crippen molar-refractivity contribution in [1.82, 2.24) is 10.6 Å². The normalized spacial score (nSPS) is 11.6. The van der Waals surface area contributed by atoms with Crippen molar-refractivity contribution in [1.29, 1.82) is 0 Å². The van der Waals surface area contributed by atoms with Gasteiger partial charge in [-0.1, -0.05) is 60.7 Å². The van der Waals surface area contributed by atoms with Gasteiger partial charge in [-0.15, -0.1) is 0 Å². The molecule has 2 aromatic carbocycles. The molecule has 0 heterocycles. The molecular weight excluding hydrogens is 440 g/mol. The first kappa shape index (κ1) is 26.4. The SMILES string of the molecule is CC(C)(C)OC(=O)C[C@H](NC(=O)OCc1ccccc1)C(=O)NCC(=O)OCc1ccccc1. The second kappa shape index (κ2) is 13.0. The molecule has 0 aliphatic carbocycles. The average molecular weight is 471 g/mol. The number of rotatable bonds is 10. The first-order valence-electron chi connectivity index (χ1n) is 10.8. The van der Waals surface area contributed by atoms with Gasteiger partial charge in [-0.2, -0.15) is 0 Å². The van der Waals surface area contributed by atoms with Crippen LogP contribution < -0.4 is 10.6 Å². The largest absolute Gasteiger partial charge is 0.460 e. The van der Waals surface area contributed by atoms with Crippen molar-refractivity contribution in [3.05, 3.63) is 71.8 Å². The Balaban J connectivity index is 1.90. The van der Waals surface area contributed by atoms with Crippen molar-refractivity contribution in [3.8, 4) is 0 Å². The molecule has 0 fully saturated rings. The third-order valence-corrected chi connectivity index (χ3v) is 4.26. The van der Waals surface area contributed by atoms with Crippen LogP contribution in [0.1, 0.15) is 38.3 Å². The highest BCUT2D eigenvalue weighted by molar-refractivity contribution is 5.91. The third kappa shape index (κ3) is 10.6. The molecule has 1 atom stereocenters. The molecule has 2 amide bonds. The highest BCUT2D eigenvalue weighted by Crippen LogP contribution is 2.10. The van der Waals surface area contributed by atoms with E-state index >= 15 is 0 Å². The van der Waals surface area contributed by atoms with Crippen molar-refractivity contribution >= 4 is 23.9 Å². The molecule has 182 valence electrons. The van der Waals surface area contributed by atoms with Gasteiger partial charge in [-0.05, 0) is 31.9 Å². The number of amides is 2. The molecule has 9 heteroatoms. The van der Waals surface area contributed by atoms with E-state index in [4.69, 9.17) is 14.2 Å². The van der Waals surface area contributed by atoms with Crippen LogP contribution in [0.2, 0.25) is 0 Å². The van der Waals surface area contributed by atoms with Gasteiger partial charge in [0.2, 0.25) is 5.91 Å². The van der Waals surface area contributed by atoms with Crippen LogP contribution in [0.25, 0.3) is 0 Å². The van der Waals surface area contributed by atoms with E-state index in [-0.39, 0.29) is 13.2 Å². The van der Waals surface area contributed by atoms with Gasteiger partial charge in [0.15, 0.2) is 0 Å². The summed E-state index contributed by atoms with van der Waals surface area (Å²) >= 11 is 0. The number of benzene rings is 2. The van der Waals surface area contributed by atoms with Gasteiger partial charge in [0.1, 0.15) is 31.4 Å². The van der Waals surface area contributed by atoms with E-state index in [0.29, 0.717) is 0 Å². The van der Waals surface area contributed by atoms with E-state index in [1.807, 2.05) is 24.3 Å². The van der Waals surface area contributed by atoms with Gasteiger partial charge >= 0.3 is 18.0 Å². The van der Waals surface area contributed by atoms with Crippen LogP contribution in [0.4, 0.5) is 4.79 Å². The van der Waals surface area contributed by atoms with E-state index in [9.17, 15) is 19.2 Å². The number of alkyl carbamates (subject to hydrolysis) is 1. The summed E-state index contributed by atoms with van der Waals surface area (Å²) < 4.78 is 15.5. The summed E-state index contributed by atoms with van der Waals surface area (Å²) in [5, 5.41) is 4.73. The molecule has 2 N–H and O–H groups in total. The van der Waals surface area contributed by atoms with Crippen LogP contribution in [0, 0.1) is 0 Å². The van der Waals surface area contributed by atoms with Crippen LogP contribution in [0.15, 0.2) is 60.7 Å². The molecule has 0 bridgehead atoms. The quantitative estimate of drug-likeness (QED) is 0.405. The zero-order valence-corrected chi connectivity index (χ0v) is 19.5. The number of carbonyl (C=O) groups excluding carboxylic acids is 4. The standard InChI is InChI=1S/C25H30N2O7/c1-25(2,3)34-21(28)14-20(27-24(31)33-17-19-12-8-5-9-13-19)23(30)26-15-22(29)32-16-18-10-6-4-7-11-18/h4-13,20H,14-17H2,1-3H3,(H,26,30)(H,27,31)/t20-/m0/s1. The zero-order chi connectivity index (χ0) is 25.0. The molecular formula is C25H30N2O7. The van der Waals surface area contributed by atoms with Crippen LogP contribution in [-0.4, -0.2) is 42.1 Å². The predicted molar refractivity (Wildman–Crippen MR) is 123 cm³/mol. The summed E-state index contributed by atoms with van der Waals surface area (Å²) in [4.78, 5) is 49.1. The molecule has 0 saturated carbocycles. The average Bonchev–Trinajstić information content (AvgIpc) is 2.79. The summed E-state index contributed by atoms with van der Waals surface area (Å²) in [6.45, 7) is 4.66. The topological polar surface area (TPSA) is 120 Å². The van der Waals surface area contributed by atoms with Crippen LogP contribution in [0.3, 0.4) is 0 Å². The monoisotopic (exact) mass is 470 g/mol. The molecule has 0 aliphatic heterocycles. The number of ether oxygens (including phenoxy) is 3. The van der Waals surface area contributed by atoms with Gasteiger partial charge < -0.3 is 24.8 Å². The van der Waals surface area contributed by atoms with E-state index in [1.54, 1.807) is 57.2 Å². The zero-order valence-electron chi connectivity index (χ0n) is 19.5. The maximum Gasteiger partial charge on any atom is 0.408 e. The first-order chi connectivity index (χ1) is 16.1. The van der Waals surface area contributed by atoms with Gasteiger partial charge in [0.05, 0.1) is 6.42 Å². The van der Waals surface area contributed by atoms with E-state index in [1.165, 1.54) is 0 Å². The second-order valence-corrected chi connectivity index (χ2v) is 8.41. The molecule has 0 aliphatic rings. The minimum absolute atomic E-state index is 0.0146. The predicted octanol–water partition coefficient (Wildman–Crippen LogP) is 2.87. The smallest absolute Gasteiger partial charge is 0.408 e. The molecule has 34 heavy (non-hydrogen) atoms. The maximum absolute atomic E-state index is 12.6. The number of hydrogen-bond acceptors (Lipinski definition) is 7. The fraction of sp³-hybridized carbons (Fsp3) is 0.360. The Kier molecular flexibility index (Phi) is 10.1. The molecule has 2 aromatic rings. The Bertz CT molecular complexity index is 956. The molecule has 2 rings (SSSR count). The molecule has 0 aromatic heterocycles. The number of carbonyl (C=O) groups is 4. The van der Waals surface area contributed by atoms with Crippen molar-refractivity contribution in [3.63, 3.8) is 0 Å². The molecule has 0 radical (unpaired) electrons. The van der Waals surface area contributed by atoms with Gasteiger partial charge in [-0.3, -0.25) is 14.4 Å². The van der Waals surface area contributed by atoms with Crippen molar-refractivity contribution in [2.75, 3.05) is 6.54 Å². The highest BCUT2D eigenvalue weighted by Gasteiger charge is 2.28. The minimum atomic E-state index is -1.31. The Morgan fingerprint density at radius 2 is 1.32 bits per heavy atom. The van der Waals surface area contributed by atoms with E-state index < -0.39 is 48.5 Å². The van der Waals surface area contributed by atoms with Crippen LogP contribution in [-0.2, 0) is 41.8 Å². The van der Waals surface area contributed by atoms with Crippen molar-refractivity contribution in [2.45, 2.75) is 52.0 Å². The Labute approximate surface area is 198 Å². The van der Waals surface area contributed by atoms with Gasteiger partial charge in [-0.25, -0.2) is 4.79 Å². The second-order valence-electron chi connectivity index (χ2n) is 8.41. The molecule has 9 nitrogen and oxygen atoms in total. The fourth-order valence-electron chi connectivity index (χ4n) is 2.74. The lowest BCUT2D eigenvalue weighted by Crippen LogP contribution is -2.49. The lowest BCUT2D eigenvalue weighted by molar-refractivity contribution is -0.156. The fourth-order valence-corrected chi connectivity index (χ4v) is 2.74. The van der Waals surface area contributed by atoms with Crippen molar-refractivity contribution < 1.29 is 33.4 Å². The molecule has 0 unspecified atom stereocenters. The number of hydrogen-bond donors (Lipinski definition) is 2. The third-order valence-electron chi connectivity index (χ3n) is 4.26. The van der Waals surface area contributed by atoms with Crippen molar-refractivity contribution in [2.24, 2.45) is 0 Å². The maximum atomic E-state index is 12.6. The van der Waals surface area contributed by atoms with Gasteiger partial charge in [0.25, 0.3) is 0 Å². The summed E-state index contributed by atoms with van der Waals surface area (Å²) in [7, 11) is 0. The summed E-state index contributed by atoms with van der Waals surface area (Å²) in [5.74, 6) is -2.11. The lowest BCUT2D eigenvalue weighted by Gasteiger charge is -2.22. The number of nitrogens with one attached hydrogen (secondary N) is 2. The lowest BCUT2D eigenvalue weighted by atomic mass is 10.1. The molecule has 0 saturated heterocycles. The number of esters is 2. The summed E-state index contributed by atoms with van der Waals surface area (Å²) in [6.07, 6.45) is -1.33. The Morgan fingerprint density at radius 1 is 0.794 bits per heavy atom.